The highest BCUT2D eigenvalue weighted by Crippen LogP contribution is 2.53. The highest BCUT2D eigenvalue weighted by Gasteiger charge is 2.51. The number of nitrogens with two attached hydrogens (primary N) is 1. The number of nitriles is 1. The van der Waals surface area contributed by atoms with Crippen LogP contribution in [0.4, 0.5) is 15.0 Å². The molecule has 1 fully saturated rings. The van der Waals surface area contributed by atoms with E-state index in [4.69, 9.17) is 34.0 Å². The lowest BCUT2D eigenvalue weighted by atomic mass is 10.1. The fourth-order valence-corrected chi connectivity index (χ4v) is 4.06. The Morgan fingerprint density at radius 3 is 2.74 bits per heavy atom. The van der Waals surface area contributed by atoms with Crippen LogP contribution in [-0.2, 0) is 32.3 Å². The molecular weight excluding hydrogens is 478 g/mol. The van der Waals surface area contributed by atoms with Crippen LogP contribution in [0.1, 0.15) is 12.6 Å². The average molecular weight is 502 g/mol. The lowest BCUT2D eigenvalue weighted by Crippen LogP contribution is -2.36. The molecule has 1 unspecified atom stereocenters. The van der Waals surface area contributed by atoms with Crippen LogP contribution in [0.5, 0.6) is 0 Å². The van der Waals surface area contributed by atoms with Crippen molar-refractivity contribution in [3.05, 3.63) is 48.1 Å². The fraction of sp³-hybridized carbons (Fsp3) is 0.474. The van der Waals surface area contributed by atoms with Gasteiger partial charge in [0.05, 0.1) is 25.7 Å². The number of hydrogen-bond donors (Lipinski definition) is 1. The van der Waals surface area contributed by atoms with Gasteiger partial charge in [0.15, 0.2) is 12.4 Å². The normalized spacial score (nSPS) is 23.4. The molecule has 15 heteroatoms. The molecule has 1 saturated heterocycles. The molecule has 0 radical (unpaired) electrons. The molecule has 0 aromatic carbocycles. The highest BCUT2D eigenvalue weighted by molar-refractivity contribution is 7.48. The molecule has 1 aromatic rings. The SMILES string of the molecule is C=CCOC(=O)OC[C@H]1O[C@@H](n2ccc(N)nc2=O)[C@H](F)[C@@H]1OP(=O)(OCC=C)OCCC#N. The van der Waals surface area contributed by atoms with E-state index in [0.29, 0.717) is 0 Å². The number of anilines is 1. The Hall–Kier alpha value is -3.08. The van der Waals surface area contributed by atoms with Crippen molar-refractivity contribution in [3.63, 3.8) is 0 Å². The van der Waals surface area contributed by atoms with Gasteiger partial charge in [0.2, 0.25) is 0 Å². The third-order valence-corrected chi connectivity index (χ3v) is 5.61. The molecule has 1 aromatic heterocycles. The number of hydrogen-bond acceptors (Lipinski definition) is 12. The summed E-state index contributed by atoms with van der Waals surface area (Å²) in [5.74, 6) is -0.0967. The molecule has 5 atom stereocenters. The second-order valence-electron chi connectivity index (χ2n) is 6.56. The monoisotopic (exact) mass is 502 g/mol. The van der Waals surface area contributed by atoms with E-state index in [1.54, 1.807) is 6.07 Å². The van der Waals surface area contributed by atoms with Crippen molar-refractivity contribution in [1.82, 2.24) is 9.55 Å². The van der Waals surface area contributed by atoms with Crippen LogP contribution < -0.4 is 11.4 Å². The van der Waals surface area contributed by atoms with Crippen molar-refractivity contribution in [2.24, 2.45) is 0 Å². The molecule has 0 spiro atoms. The molecular formula is C19H24FN4O9P. The van der Waals surface area contributed by atoms with Crippen LogP contribution in [0.25, 0.3) is 0 Å². The lowest BCUT2D eigenvalue weighted by molar-refractivity contribution is -0.0604. The van der Waals surface area contributed by atoms with Gasteiger partial charge in [-0.05, 0) is 6.07 Å². The molecule has 1 aliphatic rings. The average Bonchev–Trinajstić information content (AvgIpc) is 3.10. The van der Waals surface area contributed by atoms with E-state index < -0.39 is 50.9 Å². The van der Waals surface area contributed by atoms with Gasteiger partial charge in [-0.3, -0.25) is 18.1 Å². The smallest absolute Gasteiger partial charge is 0.431 e. The summed E-state index contributed by atoms with van der Waals surface area (Å²) in [4.78, 5) is 27.4. The van der Waals surface area contributed by atoms with Crippen molar-refractivity contribution in [2.45, 2.75) is 31.0 Å². The topological polar surface area (TPSA) is 174 Å². The zero-order valence-corrected chi connectivity index (χ0v) is 18.9. The minimum atomic E-state index is -4.44. The fourth-order valence-electron chi connectivity index (χ4n) is 2.71. The van der Waals surface area contributed by atoms with Gasteiger partial charge >= 0.3 is 19.7 Å². The number of nitrogens with zero attached hydrogens (tertiary/aromatic N) is 3. The van der Waals surface area contributed by atoms with Crippen LogP contribution in [0.15, 0.2) is 42.4 Å². The quantitative estimate of drug-likeness (QED) is 0.180. The second kappa shape index (κ2) is 13.0. The van der Waals surface area contributed by atoms with Crippen LogP contribution in [0, 0.1) is 11.3 Å². The van der Waals surface area contributed by atoms with E-state index in [-0.39, 0.29) is 32.1 Å². The highest BCUT2D eigenvalue weighted by atomic mass is 31.2. The van der Waals surface area contributed by atoms with E-state index in [9.17, 15) is 14.2 Å². The summed E-state index contributed by atoms with van der Waals surface area (Å²) in [6.07, 6.45) is -4.35. The molecule has 186 valence electrons. The predicted molar refractivity (Wildman–Crippen MR) is 114 cm³/mol. The first-order valence-corrected chi connectivity index (χ1v) is 11.3. The first-order chi connectivity index (χ1) is 16.2. The summed E-state index contributed by atoms with van der Waals surface area (Å²) in [6.45, 7) is 5.45. The van der Waals surface area contributed by atoms with Crippen molar-refractivity contribution >= 4 is 19.8 Å². The number of alkyl halides is 1. The number of carbonyl (C=O) groups is 1. The zero-order valence-electron chi connectivity index (χ0n) is 18.0. The molecule has 2 N–H and O–H groups in total. The number of carbonyl (C=O) groups excluding carboxylic acids is 1. The number of phosphoric ester groups is 1. The maximum absolute atomic E-state index is 15.5. The van der Waals surface area contributed by atoms with Gasteiger partial charge in [-0.2, -0.15) is 10.2 Å². The van der Waals surface area contributed by atoms with Crippen molar-refractivity contribution in [1.29, 1.82) is 5.26 Å². The maximum atomic E-state index is 15.5. The first-order valence-electron chi connectivity index (χ1n) is 9.84. The molecule has 1 aliphatic heterocycles. The molecule has 2 heterocycles. The van der Waals surface area contributed by atoms with Crippen LogP contribution >= 0.6 is 7.82 Å². The predicted octanol–water partition coefficient (Wildman–Crippen LogP) is 2.03. The Bertz CT molecular complexity index is 1010. The molecule has 2 rings (SSSR count). The minimum absolute atomic E-state index is 0.0967. The van der Waals surface area contributed by atoms with E-state index in [1.807, 2.05) is 0 Å². The minimum Gasteiger partial charge on any atom is -0.431 e. The third-order valence-electron chi connectivity index (χ3n) is 4.14. The number of nitrogen functional groups attached to an aromatic ring is 1. The largest absolute Gasteiger partial charge is 0.508 e. The van der Waals surface area contributed by atoms with Crippen LogP contribution in [0.3, 0.4) is 0 Å². The van der Waals surface area contributed by atoms with Gasteiger partial charge in [-0.1, -0.05) is 18.7 Å². The van der Waals surface area contributed by atoms with Crippen LogP contribution in [-0.4, -0.2) is 60.5 Å². The van der Waals surface area contributed by atoms with Crippen molar-refractivity contribution < 1.29 is 41.5 Å². The van der Waals surface area contributed by atoms with E-state index in [1.165, 1.54) is 18.2 Å². The van der Waals surface area contributed by atoms with E-state index in [2.05, 4.69) is 22.9 Å². The Balaban J connectivity index is 2.29. The number of rotatable bonds is 13. The Morgan fingerprint density at radius 1 is 1.35 bits per heavy atom. The summed E-state index contributed by atoms with van der Waals surface area (Å²) in [7, 11) is -4.44. The standard InChI is InChI=1S/C19H24FN4O9P/c1-3-9-28-19(26)29-12-13-16(33-34(27,30-10-4-2)31-11-5-7-21)15(20)17(32-13)24-8-6-14(22)23-18(24)25/h3-4,6,8,13,15-17H,1-2,5,9-12H2,(H2,22,23,25)/t13-,15-,16-,17-,34?/m1/s1. The number of aromatic nitrogens is 2. The van der Waals surface area contributed by atoms with Crippen LogP contribution in [0.2, 0.25) is 0 Å². The Labute approximate surface area is 194 Å². The molecule has 0 amide bonds. The molecule has 34 heavy (non-hydrogen) atoms. The number of halogens is 1. The molecule has 0 saturated carbocycles. The summed E-state index contributed by atoms with van der Waals surface area (Å²) >= 11 is 0. The first kappa shape index (κ1) is 27.2. The van der Waals surface area contributed by atoms with Gasteiger partial charge in [0.25, 0.3) is 0 Å². The van der Waals surface area contributed by atoms with E-state index in [0.717, 1.165) is 10.8 Å². The molecule has 0 aliphatic carbocycles. The Kier molecular flexibility index (Phi) is 10.4. The summed E-state index contributed by atoms with van der Waals surface area (Å²) in [6, 6.07) is 3.03. The maximum Gasteiger partial charge on any atom is 0.508 e. The Morgan fingerprint density at radius 2 is 2.09 bits per heavy atom. The van der Waals surface area contributed by atoms with Gasteiger partial charge in [-0.15, -0.1) is 6.58 Å². The van der Waals surface area contributed by atoms with Gasteiger partial charge < -0.3 is 19.9 Å². The van der Waals surface area contributed by atoms with Gasteiger partial charge in [-0.25, -0.2) is 18.5 Å². The van der Waals surface area contributed by atoms with Crippen molar-refractivity contribution in [3.8, 4) is 6.07 Å². The second-order valence-corrected chi connectivity index (χ2v) is 8.18. The third kappa shape index (κ3) is 7.47. The van der Waals surface area contributed by atoms with E-state index >= 15 is 4.39 Å². The molecule has 13 nitrogen and oxygen atoms in total. The van der Waals surface area contributed by atoms with Crippen molar-refractivity contribution in [2.75, 3.05) is 32.2 Å². The summed E-state index contributed by atoms with van der Waals surface area (Å²) < 4.78 is 59.9. The lowest BCUT2D eigenvalue weighted by Gasteiger charge is -2.24. The summed E-state index contributed by atoms with van der Waals surface area (Å²) in [5.41, 5.74) is 4.54. The zero-order chi connectivity index (χ0) is 25.1. The van der Waals surface area contributed by atoms with Gasteiger partial charge in [0, 0.05) is 6.20 Å². The number of phosphoric acid groups is 1. The van der Waals surface area contributed by atoms with Gasteiger partial charge in [0.1, 0.15) is 31.2 Å². The summed E-state index contributed by atoms with van der Waals surface area (Å²) in [5, 5.41) is 8.69. The number of ether oxygens (including phenoxy) is 3. The molecule has 0 bridgehead atoms.